The molecule has 88 valence electrons. The molecule has 17 heavy (non-hydrogen) atoms. The number of halogens is 2. The Morgan fingerprint density at radius 1 is 1.35 bits per heavy atom. The first-order valence-corrected chi connectivity index (χ1v) is 5.32. The standard InChI is InChI=1S/C12H10ClFN2O/c1-7-6-15-12(13)16-11(7)9-5-8(14)3-4-10(9)17-2/h3-6H,1-2H3. The lowest BCUT2D eigenvalue weighted by Gasteiger charge is -2.10. The molecule has 0 aliphatic carbocycles. The first-order chi connectivity index (χ1) is 8.11. The van der Waals surface area contributed by atoms with Gasteiger partial charge >= 0.3 is 0 Å². The van der Waals surface area contributed by atoms with Crippen LogP contribution in [0.15, 0.2) is 24.4 Å². The van der Waals surface area contributed by atoms with Gasteiger partial charge in [0.05, 0.1) is 12.8 Å². The lowest BCUT2D eigenvalue weighted by molar-refractivity contribution is 0.415. The Labute approximate surface area is 103 Å². The van der Waals surface area contributed by atoms with E-state index < -0.39 is 0 Å². The average molecular weight is 253 g/mol. The van der Waals surface area contributed by atoms with Crippen LogP contribution in [-0.4, -0.2) is 17.1 Å². The fraction of sp³-hybridized carbons (Fsp3) is 0.167. The van der Waals surface area contributed by atoms with Gasteiger partial charge in [-0.1, -0.05) is 0 Å². The molecular formula is C12H10ClFN2O. The number of ether oxygens (including phenoxy) is 1. The summed E-state index contributed by atoms with van der Waals surface area (Å²) < 4.78 is 18.4. The monoisotopic (exact) mass is 252 g/mol. The SMILES string of the molecule is COc1ccc(F)cc1-c1nc(Cl)ncc1C. The number of methoxy groups -OCH3 is 1. The Bertz CT molecular complexity index is 560. The van der Waals surface area contributed by atoms with Crippen molar-refractivity contribution >= 4 is 11.6 Å². The largest absolute Gasteiger partial charge is 0.496 e. The van der Waals surface area contributed by atoms with Crippen molar-refractivity contribution in [1.82, 2.24) is 9.97 Å². The van der Waals surface area contributed by atoms with E-state index >= 15 is 0 Å². The van der Waals surface area contributed by atoms with Crippen LogP contribution in [0.3, 0.4) is 0 Å². The zero-order valence-electron chi connectivity index (χ0n) is 9.37. The molecule has 5 heteroatoms. The fourth-order valence-corrected chi connectivity index (χ4v) is 1.69. The number of hydrogen-bond acceptors (Lipinski definition) is 3. The molecule has 2 rings (SSSR count). The Kier molecular flexibility index (Phi) is 3.24. The molecule has 1 heterocycles. The van der Waals surface area contributed by atoms with E-state index in [1.807, 2.05) is 6.92 Å². The van der Waals surface area contributed by atoms with E-state index in [0.717, 1.165) is 5.56 Å². The van der Waals surface area contributed by atoms with Crippen LogP contribution >= 0.6 is 11.6 Å². The molecular weight excluding hydrogens is 243 g/mol. The highest BCUT2D eigenvalue weighted by Crippen LogP contribution is 2.31. The zero-order chi connectivity index (χ0) is 12.4. The van der Waals surface area contributed by atoms with Gasteiger partial charge in [-0.15, -0.1) is 0 Å². The normalized spacial score (nSPS) is 10.4. The van der Waals surface area contributed by atoms with Crippen molar-refractivity contribution in [2.75, 3.05) is 7.11 Å². The van der Waals surface area contributed by atoms with Crippen molar-refractivity contribution in [3.8, 4) is 17.0 Å². The first-order valence-electron chi connectivity index (χ1n) is 4.95. The predicted octanol–water partition coefficient (Wildman–Crippen LogP) is 3.25. The van der Waals surface area contributed by atoms with Crippen LogP contribution in [0.1, 0.15) is 5.56 Å². The second kappa shape index (κ2) is 4.67. The third-order valence-corrected chi connectivity index (χ3v) is 2.54. The van der Waals surface area contributed by atoms with Gasteiger partial charge in [-0.2, -0.15) is 0 Å². The molecule has 0 spiro atoms. The number of nitrogens with zero attached hydrogens (tertiary/aromatic N) is 2. The molecule has 1 aromatic heterocycles. The Balaban J connectivity index is 2.66. The third kappa shape index (κ3) is 2.36. The number of hydrogen-bond donors (Lipinski definition) is 0. The number of aryl methyl sites for hydroxylation is 1. The molecule has 2 aromatic rings. The van der Waals surface area contributed by atoms with Gasteiger partial charge in [-0.25, -0.2) is 14.4 Å². The van der Waals surface area contributed by atoms with Gasteiger partial charge in [0.25, 0.3) is 0 Å². The van der Waals surface area contributed by atoms with Crippen molar-refractivity contribution in [3.05, 3.63) is 41.1 Å². The summed E-state index contributed by atoms with van der Waals surface area (Å²) in [5.41, 5.74) is 1.94. The smallest absolute Gasteiger partial charge is 0.222 e. The maximum absolute atomic E-state index is 13.3. The molecule has 3 nitrogen and oxygen atoms in total. The molecule has 0 unspecified atom stereocenters. The van der Waals surface area contributed by atoms with E-state index in [-0.39, 0.29) is 11.1 Å². The number of rotatable bonds is 2. The van der Waals surface area contributed by atoms with Crippen LogP contribution in [0.2, 0.25) is 5.28 Å². The van der Waals surface area contributed by atoms with Gasteiger partial charge in [0.15, 0.2) is 0 Å². The van der Waals surface area contributed by atoms with Crippen molar-refractivity contribution in [1.29, 1.82) is 0 Å². The van der Waals surface area contributed by atoms with E-state index in [9.17, 15) is 4.39 Å². The van der Waals surface area contributed by atoms with Crippen molar-refractivity contribution in [3.63, 3.8) is 0 Å². The highest BCUT2D eigenvalue weighted by molar-refractivity contribution is 6.28. The highest BCUT2D eigenvalue weighted by Gasteiger charge is 2.12. The van der Waals surface area contributed by atoms with Crippen molar-refractivity contribution < 1.29 is 9.13 Å². The maximum Gasteiger partial charge on any atom is 0.222 e. The Morgan fingerprint density at radius 3 is 2.82 bits per heavy atom. The predicted molar refractivity (Wildman–Crippen MR) is 63.7 cm³/mol. The molecule has 0 saturated heterocycles. The molecule has 0 amide bonds. The molecule has 0 N–H and O–H groups in total. The topological polar surface area (TPSA) is 35.0 Å². The second-order valence-electron chi connectivity index (χ2n) is 3.52. The molecule has 0 saturated carbocycles. The molecule has 0 fully saturated rings. The van der Waals surface area contributed by atoms with Crippen LogP contribution in [0, 0.1) is 12.7 Å². The van der Waals surface area contributed by atoms with Gasteiger partial charge in [0.2, 0.25) is 5.28 Å². The third-order valence-electron chi connectivity index (χ3n) is 2.36. The summed E-state index contributed by atoms with van der Waals surface area (Å²) in [7, 11) is 1.52. The van der Waals surface area contributed by atoms with Gasteiger partial charge in [0.1, 0.15) is 11.6 Å². The fourth-order valence-electron chi connectivity index (χ4n) is 1.56. The first kappa shape index (κ1) is 11.8. The van der Waals surface area contributed by atoms with Gasteiger partial charge in [0, 0.05) is 11.8 Å². The van der Waals surface area contributed by atoms with Crippen LogP contribution in [0.25, 0.3) is 11.3 Å². The lowest BCUT2D eigenvalue weighted by Crippen LogP contribution is -1.95. The second-order valence-corrected chi connectivity index (χ2v) is 3.85. The average Bonchev–Trinajstić information content (AvgIpc) is 2.32. The lowest BCUT2D eigenvalue weighted by atomic mass is 10.1. The molecule has 1 aromatic carbocycles. The highest BCUT2D eigenvalue weighted by atomic mass is 35.5. The summed E-state index contributed by atoms with van der Waals surface area (Å²) in [6.45, 7) is 1.83. The Hall–Kier alpha value is -1.68. The number of benzene rings is 1. The van der Waals surface area contributed by atoms with E-state index in [2.05, 4.69) is 9.97 Å². The zero-order valence-corrected chi connectivity index (χ0v) is 10.1. The van der Waals surface area contributed by atoms with Gasteiger partial charge in [-0.05, 0) is 42.3 Å². The van der Waals surface area contributed by atoms with Gasteiger partial charge < -0.3 is 4.74 Å². The molecule has 0 aliphatic rings. The molecule has 0 radical (unpaired) electrons. The number of aromatic nitrogens is 2. The summed E-state index contributed by atoms with van der Waals surface area (Å²) in [4.78, 5) is 7.96. The van der Waals surface area contributed by atoms with E-state index in [1.165, 1.54) is 19.2 Å². The van der Waals surface area contributed by atoms with Crippen LogP contribution in [-0.2, 0) is 0 Å². The molecule has 0 atom stereocenters. The summed E-state index contributed by atoms with van der Waals surface area (Å²) in [5.74, 6) is 0.194. The minimum atomic E-state index is -0.352. The summed E-state index contributed by atoms with van der Waals surface area (Å²) in [6, 6.07) is 4.26. The summed E-state index contributed by atoms with van der Waals surface area (Å²) in [5, 5.41) is 0.122. The van der Waals surface area contributed by atoms with E-state index in [4.69, 9.17) is 16.3 Å². The summed E-state index contributed by atoms with van der Waals surface area (Å²) >= 11 is 5.75. The van der Waals surface area contributed by atoms with Crippen LogP contribution in [0.5, 0.6) is 5.75 Å². The molecule has 0 bridgehead atoms. The van der Waals surface area contributed by atoms with E-state index in [0.29, 0.717) is 17.0 Å². The van der Waals surface area contributed by atoms with Crippen molar-refractivity contribution in [2.45, 2.75) is 6.92 Å². The minimum absolute atomic E-state index is 0.122. The van der Waals surface area contributed by atoms with E-state index in [1.54, 1.807) is 12.3 Å². The maximum atomic E-state index is 13.3. The van der Waals surface area contributed by atoms with Crippen LogP contribution in [0.4, 0.5) is 4.39 Å². The van der Waals surface area contributed by atoms with Crippen LogP contribution < -0.4 is 4.74 Å². The minimum Gasteiger partial charge on any atom is -0.496 e. The Morgan fingerprint density at radius 2 is 2.12 bits per heavy atom. The molecule has 0 aliphatic heterocycles. The summed E-state index contributed by atoms with van der Waals surface area (Å²) in [6.07, 6.45) is 1.59. The quantitative estimate of drug-likeness (QED) is 0.770. The van der Waals surface area contributed by atoms with Gasteiger partial charge in [-0.3, -0.25) is 0 Å². The van der Waals surface area contributed by atoms with Crippen molar-refractivity contribution in [2.24, 2.45) is 0 Å².